The summed E-state index contributed by atoms with van der Waals surface area (Å²) in [6.45, 7) is 4.54. The number of quaternary nitrogens is 1. The maximum atomic E-state index is 12.9. The van der Waals surface area contributed by atoms with Crippen LogP contribution in [0.1, 0.15) is 226 Å². The van der Waals surface area contributed by atoms with E-state index in [9.17, 15) is 19.4 Å². The summed E-state index contributed by atoms with van der Waals surface area (Å²) in [5.74, 6) is -0.203. The van der Waals surface area contributed by atoms with E-state index in [2.05, 4.69) is 79.9 Å². The summed E-state index contributed by atoms with van der Waals surface area (Å²) >= 11 is 0. The molecule has 0 fully saturated rings. The summed E-state index contributed by atoms with van der Waals surface area (Å²) in [4.78, 5) is 25.4. The van der Waals surface area contributed by atoms with Crippen LogP contribution in [0, 0.1) is 0 Å². The van der Waals surface area contributed by atoms with Crippen molar-refractivity contribution in [2.45, 2.75) is 238 Å². The van der Waals surface area contributed by atoms with Crippen LogP contribution in [0.4, 0.5) is 0 Å². The first kappa shape index (κ1) is 62.9. The van der Waals surface area contributed by atoms with Crippen LogP contribution in [0.5, 0.6) is 0 Å². The topological polar surface area (TPSA) is 108 Å². The van der Waals surface area contributed by atoms with Crippen molar-refractivity contribution < 1.29 is 32.9 Å². The van der Waals surface area contributed by atoms with Crippen molar-refractivity contribution in [3.05, 3.63) is 72.9 Å². The SMILES string of the molecule is CC/C=C\C/C=C\C/C=C\C/C=C\C/C=C\CCCCCCCCCCCCCC(=O)NC(COP(=O)([O-])OCC[N+](C)(C)C)C(O)/C=C/CCCCCCCCCCCCCCCC. The Balaban J connectivity index is 4.24. The Kier molecular flexibility index (Phi) is 45.5. The van der Waals surface area contributed by atoms with Gasteiger partial charge in [-0.05, 0) is 64.2 Å². The predicted octanol–water partition coefficient (Wildman–Crippen LogP) is 15.3. The Morgan fingerprint density at radius 3 is 1.37 bits per heavy atom. The number of aliphatic hydroxyl groups excluding tert-OH is 1. The molecule has 378 valence electrons. The van der Waals surface area contributed by atoms with E-state index >= 15 is 0 Å². The lowest BCUT2D eigenvalue weighted by atomic mass is 10.0. The van der Waals surface area contributed by atoms with Gasteiger partial charge in [-0.15, -0.1) is 0 Å². The van der Waals surface area contributed by atoms with E-state index < -0.39 is 20.0 Å². The average molecular weight is 931 g/mol. The summed E-state index contributed by atoms with van der Waals surface area (Å²) in [5, 5.41) is 13.9. The number of hydrogen-bond acceptors (Lipinski definition) is 6. The smallest absolute Gasteiger partial charge is 0.268 e. The van der Waals surface area contributed by atoms with Crippen LogP contribution in [0.15, 0.2) is 72.9 Å². The van der Waals surface area contributed by atoms with E-state index in [0.29, 0.717) is 17.4 Å². The molecule has 0 aromatic heterocycles. The Morgan fingerprint density at radius 1 is 0.554 bits per heavy atom. The van der Waals surface area contributed by atoms with Gasteiger partial charge in [0.05, 0.1) is 39.9 Å². The molecule has 0 aromatic carbocycles. The lowest BCUT2D eigenvalue weighted by molar-refractivity contribution is -0.870. The van der Waals surface area contributed by atoms with E-state index in [4.69, 9.17) is 9.05 Å². The van der Waals surface area contributed by atoms with E-state index in [1.54, 1.807) is 6.08 Å². The fourth-order valence-electron chi connectivity index (χ4n) is 7.47. The molecule has 3 atom stereocenters. The van der Waals surface area contributed by atoms with Gasteiger partial charge >= 0.3 is 0 Å². The van der Waals surface area contributed by atoms with Crippen molar-refractivity contribution >= 4 is 13.7 Å². The predicted molar refractivity (Wildman–Crippen MR) is 279 cm³/mol. The van der Waals surface area contributed by atoms with Gasteiger partial charge in [0, 0.05) is 6.42 Å². The molecule has 0 bridgehead atoms. The summed E-state index contributed by atoms with van der Waals surface area (Å²) in [7, 11) is 1.25. The molecule has 0 heterocycles. The summed E-state index contributed by atoms with van der Waals surface area (Å²) in [5.41, 5.74) is 0. The van der Waals surface area contributed by atoms with Crippen LogP contribution in [0.3, 0.4) is 0 Å². The molecule has 0 saturated carbocycles. The first-order chi connectivity index (χ1) is 31.5. The average Bonchev–Trinajstić information content (AvgIpc) is 3.26. The number of nitrogens with zero attached hydrogens (tertiary/aromatic N) is 1. The van der Waals surface area contributed by atoms with Gasteiger partial charge in [-0.1, -0.05) is 228 Å². The molecule has 0 aliphatic heterocycles. The van der Waals surface area contributed by atoms with Gasteiger partial charge in [-0.3, -0.25) is 9.36 Å². The molecule has 65 heavy (non-hydrogen) atoms. The number of unbranched alkanes of at least 4 members (excludes halogenated alkanes) is 25. The van der Waals surface area contributed by atoms with Crippen LogP contribution in [-0.2, 0) is 18.4 Å². The molecule has 0 aliphatic rings. The van der Waals surface area contributed by atoms with Gasteiger partial charge in [0.25, 0.3) is 7.82 Å². The number of carbonyl (C=O) groups excluding carboxylic acids is 1. The third-order valence-corrected chi connectivity index (χ3v) is 12.6. The van der Waals surface area contributed by atoms with Gasteiger partial charge in [-0.2, -0.15) is 0 Å². The quantitative estimate of drug-likeness (QED) is 0.0272. The highest BCUT2D eigenvalue weighted by Gasteiger charge is 2.23. The van der Waals surface area contributed by atoms with E-state index in [-0.39, 0.29) is 19.1 Å². The molecular weight excluding hydrogens is 828 g/mol. The highest BCUT2D eigenvalue weighted by molar-refractivity contribution is 7.45. The van der Waals surface area contributed by atoms with Gasteiger partial charge < -0.3 is 28.8 Å². The lowest BCUT2D eigenvalue weighted by Crippen LogP contribution is -2.45. The van der Waals surface area contributed by atoms with Crippen molar-refractivity contribution in [2.24, 2.45) is 0 Å². The van der Waals surface area contributed by atoms with Crippen LogP contribution in [0.2, 0.25) is 0 Å². The van der Waals surface area contributed by atoms with Crippen LogP contribution in [-0.4, -0.2) is 68.5 Å². The summed E-state index contributed by atoms with van der Waals surface area (Å²) < 4.78 is 23.3. The highest BCUT2D eigenvalue weighted by atomic mass is 31.2. The second-order valence-electron chi connectivity index (χ2n) is 19.2. The third kappa shape index (κ3) is 49.7. The molecule has 0 rings (SSSR count). The highest BCUT2D eigenvalue weighted by Crippen LogP contribution is 2.38. The Labute approximate surface area is 402 Å². The Morgan fingerprint density at radius 2 is 0.938 bits per heavy atom. The zero-order valence-electron chi connectivity index (χ0n) is 42.9. The van der Waals surface area contributed by atoms with E-state index in [0.717, 1.165) is 70.6 Å². The first-order valence-corrected chi connectivity index (χ1v) is 28.3. The van der Waals surface area contributed by atoms with Crippen LogP contribution in [0.25, 0.3) is 0 Å². The molecule has 0 spiro atoms. The number of nitrogens with one attached hydrogen (secondary N) is 1. The molecule has 3 unspecified atom stereocenters. The number of phosphoric ester groups is 1. The van der Waals surface area contributed by atoms with Crippen molar-refractivity contribution in [1.82, 2.24) is 5.32 Å². The van der Waals surface area contributed by atoms with Gasteiger partial charge in [0.1, 0.15) is 13.2 Å². The van der Waals surface area contributed by atoms with Crippen molar-refractivity contribution in [3.63, 3.8) is 0 Å². The number of hydrogen-bond donors (Lipinski definition) is 2. The minimum absolute atomic E-state index is 0.00403. The molecule has 0 aliphatic carbocycles. The van der Waals surface area contributed by atoms with Crippen LogP contribution >= 0.6 is 7.82 Å². The molecule has 2 N–H and O–H groups in total. The third-order valence-electron chi connectivity index (χ3n) is 11.7. The maximum Gasteiger partial charge on any atom is 0.268 e. The number of carbonyl (C=O) groups is 1. The monoisotopic (exact) mass is 931 g/mol. The molecule has 1 amide bonds. The fraction of sp³-hybridized carbons (Fsp3) is 0.768. The molecule has 8 nitrogen and oxygen atoms in total. The normalized spacial score (nSPS) is 14.6. The first-order valence-electron chi connectivity index (χ1n) is 26.8. The molecule has 9 heteroatoms. The van der Waals surface area contributed by atoms with Crippen molar-refractivity contribution in [1.29, 1.82) is 0 Å². The molecule has 0 saturated heterocycles. The molecular formula is C56H103N2O6P. The number of likely N-dealkylation sites (N-methyl/N-ethyl adjacent to an activating group) is 1. The maximum absolute atomic E-state index is 12.9. The molecule has 0 aromatic rings. The summed E-state index contributed by atoms with van der Waals surface area (Å²) in [6.07, 6.45) is 63.8. The second-order valence-corrected chi connectivity index (χ2v) is 20.6. The van der Waals surface area contributed by atoms with E-state index in [1.165, 1.54) is 135 Å². The number of aliphatic hydroxyl groups is 1. The summed E-state index contributed by atoms with van der Waals surface area (Å²) in [6, 6.07) is -0.891. The van der Waals surface area contributed by atoms with Gasteiger partial charge in [0.15, 0.2) is 0 Å². The van der Waals surface area contributed by atoms with Crippen molar-refractivity contribution in [3.8, 4) is 0 Å². The second kappa shape index (κ2) is 47.0. The van der Waals surface area contributed by atoms with Gasteiger partial charge in [-0.25, -0.2) is 0 Å². The standard InChI is InChI=1S/C56H103N2O6P/c1-6-8-10-12-14-16-18-20-22-24-25-26-27-28-29-30-31-32-33-34-36-38-40-42-44-46-48-50-56(60)57-54(53-64-65(61,62)63-52-51-58(3,4)5)55(59)49-47-45-43-41-39-37-35-23-21-19-17-15-13-11-9-7-2/h8,10,14,16,20,22,25-26,28-29,47,49,54-55,59H,6-7,9,11-13,15,17-19,21,23-24,27,30-46,48,50-53H2,1-5H3,(H-,57,60,61,62)/b10-8-,16-14-,22-20-,26-25-,29-28-,49-47+. The number of phosphoric acid groups is 1. The fourth-order valence-corrected chi connectivity index (χ4v) is 8.20. The Bertz CT molecular complexity index is 1290. The Hall–Kier alpha value is -2.06. The largest absolute Gasteiger partial charge is 0.756 e. The number of amides is 1. The van der Waals surface area contributed by atoms with E-state index in [1.807, 2.05) is 27.2 Å². The zero-order chi connectivity index (χ0) is 47.8. The van der Waals surface area contributed by atoms with Gasteiger partial charge in [0.2, 0.25) is 5.91 Å². The molecule has 0 radical (unpaired) electrons. The van der Waals surface area contributed by atoms with Crippen molar-refractivity contribution in [2.75, 3.05) is 40.9 Å². The number of allylic oxidation sites excluding steroid dienone is 11. The lowest BCUT2D eigenvalue weighted by Gasteiger charge is -2.29. The van der Waals surface area contributed by atoms with Crippen LogP contribution < -0.4 is 10.2 Å². The number of rotatable bonds is 48. The minimum Gasteiger partial charge on any atom is -0.756 e. The zero-order valence-corrected chi connectivity index (χ0v) is 43.8. The minimum atomic E-state index is -4.60.